The number of carbonyl (C=O) groups excluding carboxylic acids is 1. The van der Waals surface area contributed by atoms with Gasteiger partial charge in [-0.05, 0) is 6.07 Å². The molecule has 1 N–H and O–H groups in total. The number of rotatable bonds is 5. The van der Waals surface area contributed by atoms with Crippen LogP contribution in [0.2, 0.25) is 0 Å². The Balaban J connectivity index is 1.63. The van der Waals surface area contributed by atoms with Gasteiger partial charge in [0.1, 0.15) is 6.54 Å². The van der Waals surface area contributed by atoms with Crippen LogP contribution in [-0.2, 0) is 20.8 Å². The topological polar surface area (TPSA) is 82.5 Å². The number of amides is 1. The Morgan fingerprint density at radius 1 is 1.21 bits per heavy atom. The van der Waals surface area contributed by atoms with Gasteiger partial charge in [-0.2, -0.15) is 5.10 Å². The van der Waals surface area contributed by atoms with E-state index in [1.807, 2.05) is 30.3 Å². The van der Waals surface area contributed by atoms with Gasteiger partial charge in [-0.15, -0.1) is 0 Å². The third kappa shape index (κ3) is 4.27. The Kier molecular flexibility index (Phi) is 5.35. The zero-order valence-electron chi connectivity index (χ0n) is 13.2. The number of carbonyl (C=O) groups is 1. The van der Waals surface area contributed by atoms with E-state index >= 15 is 0 Å². The number of nitrogens with zero attached hydrogens (tertiary/aromatic N) is 2. The lowest BCUT2D eigenvalue weighted by molar-refractivity contribution is -0.124. The van der Waals surface area contributed by atoms with Crippen LogP contribution in [0.25, 0.3) is 11.3 Å². The van der Waals surface area contributed by atoms with Gasteiger partial charge >= 0.3 is 0 Å². The quantitative estimate of drug-likeness (QED) is 0.861. The first-order chi connectivity index (χ1) is 11.7. The zero-order chi connectivity index (χ0) is 16.8. The monoisotopic (exact) mass is 329 g/mol. The van der Waals surface area contributed by atoms with Gasteiger partial charge in [0.15, 0.2) is 0 Å². The number of hydrogen-bond donors (Lipinski definition) is 1. The third-order valence-electron chi connectivity index (χ3n) is 3.64. The second-order valence-electron chi connectivity index (χ2n) is 5.45. The van der Waals surface area contributed by atoms with Crippen molar-refractivity contribution in [3.8, 4) is 11.3 Å². The largest absolute Gasteiger partial charge is 0.376 e. The zero-order valence-corrected chi connectivity index (χ0v) is 13.2. The summed E-state index contributed by atoms with van der Waals surface area (Å²) in [6.07, 6.45) is -0.150. The molecule has 1 aromatic heterocycles. The average Bonchev–Trinajstić information content (AvgIpc) is 2.63. The van der Waals surface area contributed by atoms with Crippen LogP contribution in [0.3, 0.4) is 0 Å². The van der Waals surface area contributed by atoms with Gasteiger partial charge in [0.2, 0.25) is 5.91 Å². The van der Waals surface area contributed by atoms with Gasteiger partial charge in [-0.25, -0.2) is 4.68 Å². The van der Waals surface area contributed by atoms with Crippen molar-refractivity contribution >= 4 is 5.91 Å². The first-order valence-corrected chi connectivity index (χ1v) is 7.82. The molecule has 2 aromatic rings. The summed E-state index contributed by atoms with van der Waals surface area (Å²) in [5.74, 6) is -0.288. The highest BCUT2D eigenvalue weighted by Crippen LogP contribution is 2.13. The van der Waals surface area contributed by atoms with Gasteiger partial charge in [0, 0.05) is 18.2 Å². The van der Waals surface area contributed by atoms with E-state index < -0.39 is 0 Å². The van der Waals surface area contributed by atoms with Crippen molar-refractivity contribution < 1.29 is 14.3 Å². The highest BCUT2D eigenvalue weighted by molar-refractivity contribution is 5.75. The highest BCUT2D eigenvalue weighted by atomic mass is 16.6. The fourth-order valence-electron chi connectivity index (χ4n) is 2.40. The average molecular weight is 329 g/mol. The van der Waals surface area contributed by atoms with E-state index in [-0.39, 0.29) is 24.1 Å². The Morgan fingerprint density at radius 3 is 2.79 bits per heavy atom. The predicted octanol–water partition coefficient (Wildman–Crippen LogP) is 0.442. The summed E-state index contributed by atoms with van der Waals surface area (Å²) in [5, 5.41) is 7.01. The summed E-state index contributed by atoms with van der Waals surface area (Å²) >= 11 is 0. The molecule has 7 nitrogen and oxygen atoms in total. The summed E-state index contributed by atoms with van der Waals surface area (Å²) in [6.45, 7) is 1.79. The summed E-state index contributed by atoms with van der Waals surface area (Å²) < 4.78 is 11.9. The second-order valence-corrected chi connectivity index (χ2v) is 5.45. The summed E-state index contributed by atoms with van der Waals surface area (Å²) in [4.78, 5) is 24.0. The smallest absolute Gasteiger partial charge is 0.267 e. The van der Waals surface area contributed by atoms with Gasteiger partial charge in [0.05, 0.1) is 31.6 Å². The molecule has 126 valence electrons. The van der Waals surface area contributed by atoms with Crippen molar-refractivity contribution in [3.05, 3.63) is 52.8 Å². The van der Waals surface area contributed by atoms with Gasteiger partial charge in [0.25, 0.3) is 5.56 Å². The molecular weight excluding hydrogens is 310 g/mol. The van der Waals surface area contributed by atoms with E-state index in [9.17, 15) is 9.59 Å². The molecule has 1 aromatic carbocycles. The Labute approximate surface area is 139 Å². The molecule has 1 amide bonds. The van der Waals surface area contributed by atoms with Crippen molar-refractivity contribution in [1.29, 1.82) is 0 Å². The van der Waals surface area contributed by atoms with E-state index in [1.54, 1.807) is 6.07 Å². The Hall–Kier alpha value is -2.51. The standard InChI is InChI=1S/C17H19N3O4/c21-16(18-10-14-12-23-8-9-24-14)11-20-17(22)7-6-15(19-20)13-4-2-1-3-5-13/h1-7,14H,8-12H2,(H,18,21)/t14-/m0/s1. The lowest BCUT2D eigenvalue weighted by atomic mass is 10.1. The molecule has 0 radical (unpaired) electrons. The molecule has 1 aliphatic heterocycles. The van der Waals surface area contributed by atoms with Gasteiger partial charge < -0.3 is 14.8 Å². The Morgan fingerprint density at radius 2 is 2.04 bits per heavy atom. The lowest BCUT2D eigenvalue weighted by Crippen LogP contribution is -2.41. The molecule has 1 atom stereocenters. The summed E-state index contributed by atoms with van der Waals surface area (Å²) in [5.41, 5.74) is 1.22. The second kappa shape index (κ2) is 7.85. The first-order valence-electron chi connectivity index (χ1n) is 7.82. The van der Waals surface area contributed by atoms with E-state index in [1.165, 1.54) is 6.07 Å². The normalized spacial score (nSPS) is 17.4. The van der Waals surface area contributed by atoms with Crippen LogP contribution in [0.4, 0.5) is 0 Å². The molecule has 24 heavy (non-hydrogen) atoms. The van der Waals surface area contributed by atoms with E-state index in [4.69, 9.17) is 9.47 Å². The van der Waals surface area contributed by atoms with Crippen LogP contribution < -0.4 is 10.9 Å². The molecule has 1 aliphatic rings. The fraction of sp³-hybridized carbons (Fsp3) is 0.353. The van der Waals surface area contributed by atoms with Crippen LogP contribution in [0.1, 0.15) is 0 Å². The Bertz CT molecular complexity index is 739. The van der Waals surface area contributed by atoms with Crippen LogP contribution in [0, 0.1) is 0 Å². The molecule has 0 spiro atoms. The van der Waals surface area contributed by atoms with E-state index in [2.05, 4.69) is 10.4 Å². The minimum atomic E-state index is -0.318. The molecule has 0 bridgehead atoms. The van der Waals surface area contributed by atoms with Crippen LogP contribution >= 0.6 is 0 Å². The van der Waals surface area contributed by atoms with Gasteiger partial charge in [-0.1, -0.05) is 30.3 Å². The van der Waals surface area contributed by atoms with Crippen LogP contribution in [-0.4, -0.2) is 48.2 Å². The minimum Gasteiger partial charge on any atom is -0.376 e. The highest BCUT2D eigenvalue weighted by Gasteiger charge is 2.15. The van der Waals surface area contributed by atoms with Crippen molar-refractivity contribution in [2.45, 2.75) is 12.6 Å². The summed E-state index contributed by atoms with van der Waals surface area (Å²) in [6, 6.07) is 12.6. The third-order valence-corrected chi connectivity index (χ3v) is 3.64. The van der Waals surface area contributed by atoms with Crippen molar-refractivity contribution in [2.75, 3.05) is 26.4 Å². The lowest BCUT2D eigenvalue weighted by Gasteiger charge is -2.23. The molecule has 0 aliphatic carbocycles. The molecule has 1 saturated heterocycles. The molecule has 7 heteroatoms. The molecule has 0 saturated carbocycles. The number of benzene rings is 1. The minimum absolute atomic E-state index is 0.132. The van der Waals surface area contributed by atoms with Crippen molar-refractivity contribution in [1.82, 2.24) is 15.1 Å². The molecule has 1 fully saturated rings. The van der Waals surface area contributed by atoms with Crippen LogP contribution in [0.5, 0.6) is 0 Å². The first kappa shape index (κ1) is 16.4. The maximum Gasteiger partial charge on any atom is 0.267 e. The molecule has 2 heterocycles. The predicted molar refractivity (Wildman–Crippen MR) is 87.5 cm³/mol. The van der Waals surface area contributed by atoms with Crippen molar-refractivity contribution in [3.63, 3.8) is 0 Å². The number of aromatic nitrogens is 2. The van der Waals surface area contributed by atoms with E-state index in [0.717, 1.165) is 10.2 Å². The SMILES string of the molecule is O=C(Cn1nc(-c2ccccc2)ccc1=O)NC[C@H]1COCCO1. The maximum absolute atomic E-state index is 12.0. The van der Waals surface area contributed by atoms with E-state index in [0.29, 0.717) is 32.1 Å². The van der Waals surface area contributed by atoms with Gasteiger partial charge in [-0.3, -0.25) is 9.59 Å². The molecular formula is C17H19N3O4. The maximum atomic E-state index is 12.0. The van der Waals surface area contributed by atoms with Crippen LogP contribution in [0.15, 0.2) is 47.3 Å². The molecule has 0 unspecified atom stereocenters. The molecule has 3 rings (SSSR count). The number of hydrogen-bond acceptors (Lipinski definition) is 5. The number of ether oxygens (including phenoxy) is 2. The number of nitrogens with one attached hydrogen (secondary N) is 1. The van der Waals surface area contributed by atoms with Crippen molar-refractivity contribution in [2.24, 2.45) is 0 Å². The fourth-order valence-corrected chi connectivity index (χ4v) is 2.40. The summed E-state index contributed by atoms with van der Waals surface area (Å²) in [7, 11) is 0.